The number of ether oxygens (including phenoxy) is 1. The minimum Gasteiger partial charge on any atom is -0.494 e. The zero-order valence-corrected chi connectivity index (χ0v) is 19.4. The van der Waals surface area contributed by atoms with Crippen molar-refractivity contribution in [1.29, 1.82) is 0 Å². The van der Waals surface area contributed by atoms with Gasteiger partial charge in [0.25, 0.3) is 5.56 Å². The maximum atomic E-state index is 12.8. The van der Waals surface area contributed by atoms with Gasteiger partial charge in [0.15, 0.2) is 4.77 Å². The molecule has 0 unspecified atom stereocenters. The van der Waals surface area contributed by atoms with Gasteiger partial charge in [-0.2, -0.15) is 0 Å². The van der Waals surface area contributed by atoms with Gasteiger partial charge in [0.1, 0.15) is 0 Å². The van der Waals surface area contributed by atoms with Crippen LogP contribution in [0.15, 0.2) is 59.9 Å². The van der Waals surface area contributed by atoms with Gasteiger partial charge in [0.2, 0.25) is 17.5 Å². The predicted molar refractivity (Wildman–Crippen MR) is 131 cm³/mol. The number of rotatable bonds is 7. The number of nitrogens with zero attached hydrogens (tertiary/aromatic N) is 3. The van der Waals surface area contributed by atoms with E-state index in [-0.39, 0.29) is 40.6 Å². The summed E-state index contributed by atoms with van der Waals surface area (Å²) in [6, 6.07) is 12.2. The number of aromatic hydroxyl groups is 1. The first-order valence-electron chi connectivity index (χ1n) is 10.4. The minimum absolute atomic E-state index is 0.00423. The van der Waals surface area contributed by atoms with Crippen molar-refractivity contribution in [3.05, 3.63) is 97.0 Å². The molecule has 0 spiro atoms. The molecule has 4 aromatic rings. The Balaban J connectivity index is 1.92. The quantitative estimate of drug-likeness (QED) is 0.169. The lowest BCUT2D eigenvalue weighted by atomic mass is 10.1. The van der Waals surface area contributed by atoms with E-state index in [0.717, 1.165) is 16.5 Å². The van der Waals surface area contributed by atoms with E-state index in [2.05, 4.69) is 11.6 Å². The molecule has 0 aliphatic carbocycles. The van der Waals surface area contributed by atoms with Crippen molar-refractivity contribution >= 4 is 28.8 Å². The Kier molecular flexibility index (Phi) is 6.08. The molecular formula is C24H22N4O5S. The van der Waals surface area contributed by atoms with Gasteiger partial charge >= 0.3 is 5.69 Å². The maximum Gasteiger partial charge on any atom is 0.311 e. The molecule has 0 fully saturated rings. The number of aryl methyl sites for hydroxylation is 2. The summed E-state index contributed by atoms with van der Waals surface area (Å²) in [7, 11) is 1.77. The first-order chi connectivity index (χ1) is 16.2. The smallest absolute Gasteiger partial charge is 0.311 e. The van der Waals surface area contributed by atoms with Gasteiger partial charge in [0, 0.05) is 37.0 Å². The molecule has 9 nitrogen and oxygen atoms in total. The molecule has 0 saturated carbocycles. The van der Waals surface area contributed by atoms with E-state index in [0.29, 0.717) is 11.4 Å². The van der Waals surface area contributed by atoms with Crippen LogP contribution < -0.4 is 10.3 Å². The van der Waals surface area contributed by atoms with Crippen LogP contribution in [0, 0.1) is 21.8 Å². The molecule has 0 aliphatic heterocycles. The number of H-pyrrole nitrogens is 1. The molecule has 0 saturated heterocycles. The zero-order chi connectivity index (χ0) is 24.6. The molecule has 10 heteroatoms. The second-order valence-electron chi connectivity index (χ2n) is 7.83. The Morgan fingerprint density at radius 2 is 2.00 bits per heavy atom. The number of fused-ring (bicyclic) bond motifs is 1. The third kappa shape index (κ3) is 3.99. The average Bonchev–Trinajstić information content (AvgIpc) is 3.06. The highest BCUT2D eigenvalue weighted by molar-refractivity contribution is 7.71. The topological polar surface area (TPSA) is 115 Å². The van der Waals surface area contributed by atoms with Crippen LogP contribution in [-0.4, -0.2) is 24.1 Å². The van der Waals surface area contributed by atoms with E-state index in [1.807, 2.05) is 24.3 Å². The van der Waals surface area contributed by atoms with Crippen LogP contribution in [0.25, 0.3) is 10.9 Å². The molecule has 2 aromatic heterocycles. The van der Waals surface area contributed by atoms with Crippen molar-refractivity contribution in [2.75, 3.05) is 0 Å². The molecule has 2 heterocycles. The fourth-order valence-electron chi connectivity index (χ4n) is 3.95. The van der Waals surface area contributed by atoms with Gasteiger partial charge in [-0.05, 0) is 36.8 Å². The van der Waals surface area contributed by atoms with Crippen molar-refractivity contribution in [3.63, 3.8) is 0 Å². The van der Waals surface area contributed by atoms with Crippen LogP contribution in [0.1, 0.15) is 16.7 Å². The summed E-state index contributed by atoms with van der Waals surface area (Å²) in [6.45, 7) is 5.63. The Morgan fingerprint density at radius 3 is 2.71 bits per heavy atom. The molecule has 0 bridgehead atoms. The number of nitro groups is 1. The van der Waals surface area contributed by atoms with Crippen molar-refractivity contribution in [1.82, 2.24) is 14.1 Å². The van der Waals surface area contributed by atoms with Crippen molar-refractivity contribution in [3.8, 4) is 17.5 Å². The van der Waals surface area contributed by atoms with E-state index in [4.69, 9.17) is 17.0 Å². The fraction of sp³-hybridized carbons (Fsp3) is 0.167. The van der Waals surface area contributed by atoms with Crippen LogP contribution >= 0.6 is 12.2 Å². The highest BCUT2D eigenvalue weighted by Crippen LogP contribution is 2.39. The number of nitro benzene ring substituents is 1. The molecule has 34 heavy (non-hydrogen) atoms. The number of para-hydroxylation sites is 1. The van der Waals surface area contributed by atoms with Crippen LogP contribution in [0.3, 0.4) is 0 Å². The summed E-state index contributed by atoms with van der Waals surface area (Å²) in [4.78, 5) is 26.5. The van der Waals surface area contributed by atoms with Crippen molar-refractivity contribution in [2.24, 2.45) is 7.05 Å². The number of benzene rings is 2. The van der Waals surface area contributed by atoms with E-state index >= 15 is 0 Å². The second kappa shape index (κ2) is 8.99. The Hall–Kier alpha value is -4.18. The number of aromatic amines is 1. The number of aromatic nitrogens is 3. The number of allylic oxidation sites excluding steroid dienone is 1. The first kappa shape index (κ1) is 23.0. The minimum atomic E-state index is -0.525. The van der Waals surface area contributed by atoms with Gasteiger partial charge in [-0.3, -0.25) is 24.5 Å². The molecule has 4 rings (SSSR count). The summed E-state index contributed by atoms with van der Waals surface area (Å²) in [5.41, 5.74) is 1.52. The van der Waals surface area contributed by atoms with E-state index < -0.39 is 10.5 Å². The Labute approximate surface area is 199 Å². The van der Waals surface area contributed by atoms with Gasteiger partial charge in [-0.25, -0.2) is 0 Å². The highest BCUT2D eigenvalue weighted by atomic mass is 32.1. The Bertz CT molecular complexity index is 1560. The van der Waals surface area contributed by atoms with Crippen LogP contribution in [0.5, 0.6) is 17.5 Å². The molecule has 2 N–H and O–H groups in total. The standard InChI is InChI=1S/C24H22N4O5S/c1-4-11-27-22(30)17(21(29)25-24(27)34)13-16-15-7-5-6-8-18(15)26(3)23(16)33-20-10-9-14(2)12-19(20)28(31)32/h4-10,12,30H,1,11,13H2,2-3H3,(H,25,29,34). The predicted octanol–water partition coefficient (Wildman–Crippen LogP) is 4.89. The van der Waals surface area contributed by atoms with Gasteiger partial charge in [-0.1, -0.05) is 30.3 Å². The lowest BCUT2D eigenvalue weighted by molar-refractivity contribution is -0.385. The van der Waals surface area contributed by atoms with Gasteiger partial charge < -0.3 is 14.4 Å². The number of hydrogen-bond acceptors (Lipinski definition) is 6. The summed E-state index contributed by atoms with van der Waals surface area (Å²) >= 11 is 5.17. The molecule has 0 radical (unpaired) electrons. The van der Waals surface area contributed by atoms with Crippen LogP contribution in [0.4, 0.5) is 5.69 Å². The lowest BCUT2D eigenvalue weighted by Crippen LogP contribution is -2.19. The van der Waals surface area contributed by atoms with Gasteiger partial charge in [0.05, 0.1) is 16.0 Å². The van der Waals surface area contributed by atoms with Crippen LogP contribution in [0.2, 0.25) is 0 Å². The molecule has 174 valence electrons. The normalized spacial score (nSPS) is 11.0. The monoisotopic (exact) mass is 478 g/mol. The number of nitrogens with one attached hydrogen (secondary N) is 1. The largest absolute Gasteiger partial charge is 0.494 e. The first-order valence-corrected chi connectivity index (χ1v) is 10.8. The van der Waals surface area contributed by atoms with Gasteiger partial charge in [-0.15, -0.1) is 6.58 Å². The number of hydrogen-bond donors (Lipinski definition) is 2. The van der Waals surface area contributed by atoms with E-state index in [1.165, 1.54) is 10.6 Å². The molecule has 0 atom stereocenters. The second-order valence-corrected chi connectivity index (χ2v) is 8.21. The third-order valence-electron chi connectivity index (χ3n) is 5.60. The molecule has 0 aliphatic rings. The summed E-state index contributed by atoms with van der Waals surface area (Å²) in [5.74, 6) is 0.127. The maximum absolute atomic E-state index is 12.8. The highest BCUT2D eigenvalue weighted by Gasteiger charge is 2.24. The third-order valence-corrected chi connectivity index (χ3v) is 5.92. The van der Waals surface area contributed by atoms with Crippen LogP contribution in [-0.2, 0) is 20.0 Å². The summed E-state index contributed by atoms with van der Waals surface area (Å²) in [6.07, 6.45) is 1.56. The SMILES string of the molecule is C=CCn1c(O)c(Cc2c(Oc3ccc(C)cc3[N+](=O)[O-])n(C)c3ccccc23)c(=O)[nH]c1=S. The molecule has 2 aromatic carbocycles. The van der Waals surface area contributed by atoms with Crippen molar-refractivity contribution in [2.45, 2.75) is 19.9 Å². The van der Waals surface area contributed by atoms with E-state index in [1.54, 1.807) is 36.7 Å². The zero-order valence-electron chi connectivity index (χ0n) is 18.6. The van der Waals surface area contributed by atoms with E-state index in [9.17, 15) is 20.0 Å². The molecular weight excluding hydrogens is 456 g/mol. The Morgan fingerprint density at radius 1 is 1.26 bits per heavy atom. The summed E-state index contributed by atoms with van der Waals surface area (Å²) < 4.78 is 9.32. The summed E-state index contributed by atoms with van der Waals surface area (Å²) in [5, 5.41) is 23.3. The fourth-order valence-corrected chi connectivity index (χ4v) is 4.20. The lowest BCUT2D eigenvalue weighted by Gasteiger charge is -2.13. The van der Waals surface area contributed by atoms with Crippen molar-refractivity contribution < 1.29 is 14.8 Å². The molecule has 0 amide bonds. The average molecular weight is 479 g/mol.